The highest BCUT2D eigenvalue weighted by Crippen LogP contribution is 2.39. The number of nitrogens with zero attached hydrogens (tertiary/aromatic N) is 1. The summed E-state index contributed by atoms with van der Waals surface area (Å²) in [5, 5.41) is 3.98. The molecule has 1 aliphatic carbocycles. The fourth-order valence-electron chi connectivity index (χ4n) is 3.80. The van der Waals surface area contributed by atoms with Crippen molar-refractivity contribution < 1.29 is 4.79 Å². The molecule has 4 rings (SSSR count). The fourth-order valence-corrected chi connectivity index (χ4v) is 4.19. The first kappa shape index (κ1) is 15.7. The minimum atomic E-state index is -0.225. The Balaban J connectivity index is 1.84. The molecular weight excluding hydrogens is 347 g/mol. The number of rotatable bonds is 2. The van der Waals surface area contributed by atoms with E-state index in [-0.39, 0.29) is 28.4 Å². The van der Waals surface area contributed by atoms with E-state index >= 15 is 0 Å². The minimum Gasteiger partial charge on any atom is -0.366 e. The van der Waals surface area contributed by atoms with Crippen LogP contribution in [0.4, 0.5) is 5.82 Å². The minimum absolute atomic E-state index is 0.0689. The third-order valence-electron chi connectivity index (χ3n) is 4.95. The zero-order valence-electron chi connectivity index (χ0n) is 12.9. The quantitative estimate of drug-likeness (QED) is 0.810. The van der Waals surface area contributed by atoms with Crippen molar-refractivity contribution in [3.05, 3.63) is 61.9 Å². The summed E-state index contributed by atoms with van der Waals surface area (Å²) in [6.07, 6.45) is 4.21. The molecule has 1 fully saturated rings. The zero-order chi connectivity index (χ0) is 16.8. The number of aromatic nitrogens is 1. The largest absolute Gasteiger partial charge is 0.366 e. The van der Waals surface area contributed by atoms with Crippen LogP contribution in [0.25, 0.3) is 0 Å². The molecule has 2 atom stereocenters. The van der Waals surface area contributed by atoms with E-state index in [2.05, 4.69) is 5.32 Å². The Kier molecular flexibility index (Phi) is 3.89. The fraction of sp³-hybridized carbons (Fsp3) is 0.333. The van der Waals surface area contributed by atoms with Gasteiger partial charge < -0.3 is 5.32 Å². The lowest BCUT2D eigenvalue weighted by Crippen LogP contribution is -2.29. The maximum Gasteiger partial charge on any atom is 0.252 e. The third kappa shape index (κ3) is 2.36. The Hall–Kier alpha value is -1.78. The van der Waals surface area contributed by atoms with Crippen LogP contribution in [0.2, 0.25) is 10.0 Å². The summed E-state index contributed by atoms with van der Waals surface area (Å²) < 4.78 is 1.75. The van der Waals surface area contributed by atoms with E-state index < -0.39 is 0 Å². The smallest absolute Gasteiger partial charge is 0.252 e. The van der Waals surface area contributed by atoms with Crippen molar-refractivity contribution >= 4 is 34.8 Å². The van der Waals surface area contributed by atoms with Gasteiger partial charge >= 0.3 is 0 Å². The SMILES string of the molecule is O=C(c1cccc(Cl)c1Cl)c1ccc(=O)n2c1N[C@@H]1CCCC[C@@H]12. The van der Waals surface area contributed by atoms with E-state index in [1.807, 2.05) is 0 Å². The van der Waals surface area contributed by atoms with Crippen LogP contribution < -0.4 is 10.9 Å². The molecule has 0 amide bonds. The number of benzene rings is 1. The van der Waals surface area contributed by atoms with Crippen molar-refractivity contribution in [3.8, 4) is 0 Å². The maximum atomic E-state index is 13.0. The monoisotopic (exact) mass is 362 g/mol. The molecule has 6 heteroatoms. The van der Waals surface area contributed by atoms with Gasteiger partial charge in [-0.15, -0.1) is 0 Å². The summed E-state index contributed by atoms with van der Waals surface area (Å²) in [4.78, 5) is 25.4. The van der Waals surface area contributed by atoms with Crippen LogP contribution in [0, 0.1) is 0 Å². The molecule has 0 saturated heterocycles. The van der Waals surface area contributed by atoms with Gasteiger partial charge in [-0.1, -0.05) is 42.1 Å². The Morgan fingerprint density at radius 1 is 1.08 bits per heavy atom. The second kappa shape index (κ2) is 5.94. The summed E-state index contributed by atoms with van der Waals surface area (Å²) >= 11 is 12.2. The van der Waals surface area contributed by atoms with E-state index in [0.29, 0.717) is 22.0 Å². The lowest BCUT2D eigenvalue weighted by atomic mass is 9.91. The van der Waals surface area contributed by atoms with Gasteiger partial charge in [-0.2, -0.15) is 0 Å². The molecule has 4 nitrogen and oxygen atoms in total. The molecular formula is C18H16Cl2N2O2. The molecule has 1 aromatic heterocycles. The van der Waals surface area contributed by atoms with E-state index in [1.54, 1.807) is 28.8 Å². The van der Waals surface area contributed by atoms with Crippen molar-refractivity contribution in [2.45, 2.75) is 37.8 Å². The van der Waals surface area contributed by atoms with Gasteiger partial charge in [0.1, 0.15) is 5.82 Å². The Morgan fingerprint density at radius 2 is 1.88 bits per heavy atom. The van der Waals surface area contributed by atoms with Crippen molar-refractivity contribution in [2.75, 3.05) is 5.32 Å². The number of nitrogens with one attached hydrogen (secondary N) is 1. The van der Waals surface area contributed by atoms with Crippen molar-refractivity contribution in [3.63, 3.8) is 0 Å². The molecule has 0 spiro atoms. The number of pyridine rings is 1. The van der Waals surface area contributed by atoms with E-state index in [1.165, 1.54) is 6.07 Å². The highest BCUT2D eigenvalue weighted by molar-refractivity contribution is 6.44. The first-order valence-electron chi connectivity index (χ1n) is 8.08. The third-order valence-corrected chi connectivity index (χ3v) is 5.77. The van der Waals surface area contributed by atoms with Crippen molar-refractivity contribution in [1.29, 1.82) is 0 Å². The summed E-state index contributed by atoms with van der Waals surface area (Å²) in [6, 6.07) is 8.39. The highest BCUT2D eigenvalue weighted by Gasteiger charge is 2.36. The van der Waals surface area contributed by atoms with Gasteiger partial charge in [0.05, 0.1) is 21.7 Å². The molecule has 1 saturated carbocycles. The molecule has 2 aliphatic rings. The maximum absolute atomic E-state index is 13.0. The number of halogens is 2. The second-order valence-electron chi connectivity index (χ2n) is 6.34. The topological polar surface area (TPSA) is 51.1 Å². The number of carbonyl (C=O) groups excluding carboxylic acids is 1. The van der Waals surface area contributed by atoms with Crippen LogP contribution in [0.5, 0.6) is 0 Å². The van der Waals surface area contributed by atoms with Crippen LogP contribution in [0.1, 0.15) is 47.6 Å². The van der Waals surface area contributed by atoms with Gasteiger partial charge in [0.15, 0.2) is 5.78 Å². The summed E-state index contributed by atoms with van der Waals surface area (Å²) in [7, 11) is 0. The average molecular weight is 363 g/mol. The molecule has 2 heterocycles. The Bertz CT molecular complexity index is 891. The van der Waals surface area contributed by atoms with Crippen LogP contribution >= 0.6 is 23.2 Å². The van der Waals surface area contributed by atoms with E-state index in [9.17, 15) is 9.59 Å². The van der Waals surface area contributed by atoms with Crippen LogP contribution in [-0.2, 0) is 0 Å². The summed E-state index contributed by atoms with van der Waals surface area (Å²) in [5.41, 5.74) is 0.746. The molecule has 0 bridgehead atoms. The first-order valence-corrected chi connectivity index (χ1v) is 8.84. The zero-order valence-corrected chi connectivity index (χ0v) is 14.4. The molecule has 0 unspecified atom stereocenters. The second-order valence-corrected chi connectivity index (χ2v) is 7.12. The molecule has 2 aromatic rings. The molecule has 1 aromatic carbocycles. The van der Waals surface area contributed by atoms with Gasteiger partial charge in [-0.25, -0.2) is 0 Å². The highest BCUT2D eigenvalue weighted by atomic mass is 35.5. The van der Waals surface area contributed by atoms with E-state index in [0.717, 1.165) is 25.7 Å². The molecule has 0 radical (unpaired) electrons. The lowest BCUT2D eigenvalue weighted by molar-refractivity contribution is 0.103. The van der Waals surface area contributed by atoms with E-state index in [4.69, 9.17) is 23.2 Å². The summed E-state index contributed by atoms with van der Waals surface area (Å²) in [6.45, 7) is 0. The Labute approximate surface area is 149 Å². The van der Waals surface area contributed by atoms with Gasteiger partial charge in [0.2, 0.25) is 0 Å². The number of hydrogen-bond donors (Lipinski definition) is 1. The molecule has 1 aliphatic heterocycles. The van der Waals surface area contributed by atoms with Gasteiger partial charge in [0.25, 0.3) is 5.56 Å². The summed E-state index contributed by atoms with van der Waals surface area (Å²) in [5.74, 6) is 0.387. The van der Waals surface area contributed by atoms with Crippen LogP contribution in [0.3, 0.4) is 0 Å². The molecule has 24 heavy (non-hydrogen) atoms. The number of hydrogen-bond acceptors (Lipinski definition) is 3. The van der Waals surface area contributed by atoms with Gasteiger partial charge in [-0.3, -0.25) is 14.2 Å². The lowest BCUT2D eigenvalue weighted by Gasteiger charge is -2.25. The number of anilines is 1. The average Bonchev–Trinajstić information content (AvgIpc) is 2.97. The van der Waals surface area contributed by atoms with Crippen LogP contribution in [0.15, 0.2) is 35.1 Å². The Morgan fingerprint density at radius 3 is 2.71 bits per heavy atom. The number of fused-ring (bicyclic) bond motifs is 3. The number of carbonyl (C=O) groups is 1. The first-order chi connectivity index (χ1) is 11.6. The van der Waals surface area contributed by atoms with Crippen molar-refractivity contribution in [1.82, 2.24) is 4.57 Å². The normalized spacial score (nSPS) is 21.8. The van der Waals surface area contributed by atoms with Crippen LogP contribution in [-0.4, -0.2) is 16.4 Å². The van der Waals surface area contributed by atoms with Gasteiger partial charge in [-0.05, 0) is 31.0 Å². The van der Waals surface area contributed by atoms with Crippen molar-refractivity contribution in [2.24, 2.45) is 0 Å². The predicted octanol–water partition coefficient (Wildman–Crippen LogP) is 4.30. The molecule has 124 valence electrons. The molecule has 1 N–H and O–H groups in total. The van der Waals surface area contributed by atoms with Gasteiger partial charge in [0, 0.05) is 17.7 Å². The number of ketones is 1. The standard InChI is InChI=1S/C18H16Cl2N2O2/c19-12-5-3-4-10(16(12)20)17(24)11-8-9-15(23)22-14-7-2-1-6-13(14)21-18(11)22/h3-5,8-9,13-14,21H,1-2,6-7H2/t13-,14+/m1/s1. The predicted molar refractivity (Wildman–Crippen MR) is 95.5 cm³/mol.